The van der Waals surface area contributed by atoms with Crippen LogP contribution in [0.15, 0.2) is 47.5 Å². The predicted octanol–water partition coefficient (Wildman–Crippen LogP) is 3.53. The van der Waals surface area contributed by atoms with Crippen LogP contribution in [0, 0.1) is 5.92 Å². The molecule has 7 heteroatoms. The van der Waals surface area contributed by atoms with Crippen LogP contribution < -0.4 is 5.43 Å². The van der Waals surface area contributed by atoms with Crippen molar-refractivity contribution in [2.45, 2.75) is 26.3 Å². The fraction of sp³-hybridized carbons (Fsp3) is 0.286. The highest BCUT2D eigenvalue weighted by molar-refractivity contribution is 6.30. The van der Waals surface area contributed by atoms with Crippen LogP contribution in [-0.2, 0) is 6.42 Å². The maximum atomic E-state index is 12.8. The van der Waals surface area contributed by atoms with E-state index < -0.39 is 11.4 Å². The van der Waals surface area contributed by atoms with Crippen molar-refractivity contribution in [2.75, 3.05) is 6.61 Å². The Kier molecular flexibility index (Phi) is 5.82. The minimum absolute atomic E-state index is 0.0310. The van der Waals surface area contributed by atoms with E-state index >= 15 is 0 Å². The molecule has 6 nitrogen and oxygen atoms in total. The zero-order valence-electron chi connectivity index (χ0n) is 15.6. The molecule has 28 heavy (non-hydrogen) atoms. The van der Waals surface area contributed by atoms with Gasteiger partial charge in [-0.05, 0) is 29.7 Å². The smallest absolute Gasteiger partial charge is 0.341 e. The van der Waals surface area contributed by atoms with Crippen LogP contribution in [0.25, 0.3) is 10.9 Å². The van der Waals surface area contributed by atoms with Crippen LogP contribution >= 0.6 is 11.6 Å². The van der Waals surface area contributed by atoms with Gasteiger partial charge >= 0.3 is 5.97 Å². The zero-order chi connectivity index (χ0) is 20.4. The second kappa shape index (κ2) is 8.12. The molecule has 2 heterocycles. The fourth-order valence-corrected chi connectivity index (χ4v) is 3.50. The minimum atomic E-state index is -1.30. The van der Waals surface area contributed by atoms with E-state index in [9.17, 15) is 19.8 Å². The molecule has 3 aromatic rings. The van der Waals surface area contributed by atoms with Gasteiger partial charge < -0.3 is 14.8 Å². The number of halogens is 1. The van der Waals surface area contributed by atoms with Crippen LogP contribution in [-0.4, -0.2) is 32.3 Å². The molecule has 1 atom stereocenters. The van der Waals surface area contributed by atoms with Gasteiger partial charge in [-0.2, -0.15) is 0 Å². The van der Waals surface area contributed by atoms with Crippen molar-refractivity contribution in [3.8, 4) is 0 Å². The molecule has 1 aromatic carbocycles. The number of aliphatic hydroxyl groups excluding tert-OH is 1. The zero-order valence-corrected chi connectivity index (χ0v) is 16.3. The Morgan fingerprint density at radius 1 is 1.29 bits per heavy atom. The van der Waals surface area contributed by atoms with Gasteiger partial charge in [-0.3, -0.25) is 9.78 Å². The first-order chi connectivity index (χ1) is 13.3. The van der Waals surface area contributed by atoms with Crippen LogP contribution in [0.2, 0.25) is 5.02 Å². The topological polar surface area (TPSA) is 92.4 Å². The Bertz CT molecular complexity index is 1090. The highest BCUT2D eigenvalue weighted by Gasteiger charge is 2.21. The van der Waals surface area contributed by atoms with Gasteiger partial charge in [0.05, 0.1) is 24.4 Å². The van der Waals surface area contributed by atoms with Crippen LogP contribution in [0.4, 0.5) is 0 Å². The summed E-state index contributed by atoms with van der Waals surface area (Å²) in [4.78, 5) is 28.8. The SMILES string of the molecule is CC(C)C(CO)n1cc(C(=O)O)c(=O)c2cc(Cc3cccc(Cl)c3)ncc21. The summed E-state index contributed by atoms with van der Waals surface area (Å²) >= 11 is 6.03. The maximum Gasteiger partial charge on any atom is 0.341 e. The van der Waals surface area contributed by atoms with Crippen molar-refractivity contribution in [1.29, 1.82) is 0 Å². The number of pyridine rings is 2. The van der Waals surface area contributed by atoms with E-state index in [1.54, 1.807) is 22.9 Å². The van der Waals surface area contributed by atoms with Crippen molar-refractivity contribution < 1.29 is 15.0 Å². The molecule has 0 spiro atoms. The molecule has 0 fully saturated rings. The summed E-state index contributed by atoms with van der Waals surface area (Å²) in [5.41, 5.74) is 1.17. The lowest BCUT2D eigenvalue weighted by Gasteiger charge is -2.24. The molecule has 0 radical (unpaired) electrons. The van der Waals surface area contributed by atoms with Gasteiger partial charge in [0.1, 0.15) is 5.56 Å². The summed E-state index contributed by atoms with van der Waals surface area (Å²) in [5, 5.41) is 20.2. The summed E-state index contributed by atoms with van der Waals surface area (Å²) in [5.74, 6) is -1.27. The Morgan fingerprint density at radius 2 is 2.04 bits per heavy atom. The number of hydrogen-bond donors (Lipinski definition) is 2. The normalized spacial score (nSPS) is 12.5. The molecular formula is C21H21ClN2O4. The standard InChI is InChI=1S/C21H21ClN2O4/c1-12(2)19(11-25)24-10-17(21(27)28)20(26)16-8-15(23-9-18(16)24)7-13-4-3-5-14(22)6-13/h3-6,8-10,12,19,25H,7,11H2,1-2H3,(H,27,28). The van der Waals surface area contributed by atoms with E-state index in [0.717, 1.165) is 5.56 Å². The summed E-state index contributed by atoms with van der Waals surface area (Å²) in [7, 11) is 0. The van der Waals surface area contributed by atoms with E-state index in [2.05, 4.69) is 4.98 Å². The number of aromatic carboxylic acids is 1. The largest absolute Gasteiger partial charge is 0.477 e. The van der Waals surface area contributed by atoms with E-state index in [-0.39, 0.29) is 29.5 Å². The summed E-state index contributed by atoms with van der Waals surface area (Å²) < 4.78 is 1.64. The first-order valence-electron chi connectivity index (χ1n) is 8.94. The third-order valence-corrected chi connectivity index (χ3v) is 5.03. The number of fused-ring (bicyclic) bond motifs is 1. The van der Waals surface area contributed by atoms with Gasteiger partial charge in [-0.1, -0.05) is 37.6 Å². The number of benzene rings is 1. The number of carboxylic acids is 1. The van der Waals surface area contributed by atoms with Crippen molar-refractivity contribution in [1.82, 2.24) is 9.55 Å². The Morgan fingerprint density at radius 3 is 2.64 bits per heavy atom. The second-order valence-corrected chi connectivity index (χ2v) is 7.51. The third-order valence-electron chi connectivity index (χ3n) is 4.79. The van der Waals surface area contributed by atoms with Crippen molar-refractivity contribution in [3.63, 3.8) is 0 Å². The Balaban J connectivity index is 2.19. The lowest BCUT2D eigenvalue weighted by atomic mass is 10.0. The average molecular weight is 401 g/mol. The number of aromatic nitrogens is 2. The van der Waals surface area contributed by atoms with Crippen LogP contribution in [0.1, 0.15) is 41.5 Å². The predicted molar refractivity (Wildman–Crippen MR) is 108 cm³/mol. The van der Waals surface area contributed by atoms with Crippen LogP contribution in [0.5, 0.6) is 0 Å². The lowest BCUT2D eigenvalue weighted by Crippen LogP contribution is -2.25. The first-order valence-corrected chi connectivity index (χ1v) is 9.32. The van der Waals surface area contributed by atoms with Gasteiger partial charge in [0, 0.05) is 28.7 Å². The van der Waals surface area contributed by atoms with E-state index in [1.165, 1.54) is 6.20 Å². The van der Waals surface area contributed by atoms with E-state index in [1.807, 2.05) is 32.0 Å². The second-order valence-electron chi connectivity index (χ2n) is 7.08. The maximum absolute atomic E-state index is 12.8. The number of carbonyl (C=O) groups is 1. The van der Waals surface area contributed by atoms with Gasteiger partial charge in [0.15, 0.2) is 0 Å². The molecule has 0 aliphatic heterocycles. The monoisotopic (exact) mass is 400 g/mol. The molecule has 0 saturated carbocycles. The highest BCUT2D eigenvalue weighted by atomic mass is 35.5. The quantitative estimate of drug-likeness (QED) is 0.660. The molecule has 0 bridgehead atoms. The summed E-state index contributed by atoms with van der Waals surface area (Å²) in [6, 6.07) is 8.59. The average Bonchev–Trinajstić information content (AvgIpc) is 2.63. The molecule has 146 valence electrons. The number of hydrogen-bond acceptors (Lipinski definition) is 4. The molecule has 0 aliphatic carbocycles. The molecule has 0 aliphatic rings. The van der Waals surface area contributed by atoms with Crippen molar-refractivity contribution in [2.24, 2.45) is 5.92 Å². The number of aliphatic hydroxyl groups is 1. The molecule has 2 N–H and O–H groups in total. The number of nitrogens with zero attached hydrogens (tertiary/aromatic N) is 2. The van der Waals surface area contributed by atoms with Crippen LogP contribution in [0.3, 0.4) is 0 Å². The highest BCUT2D eigenvalue weighted by Crippen LogP contribution is 2.24. The minimum Gasteiger partial charge on any atom is -0.477 e. The Hall–Kier alpha value is -2.70. The first kappa shape index (κ1) is 20.0. The van der Waals surface area contributed by atoms with E-state index in [0.29, 0.717) is 22.7 Å². The van der Waals surface area contributed by atoms with Crippen molar-refractivity contribution >= 4 is 28.5 Å². The van der Waals surface area contributed by atoms with Gasteiger partial charge in [0.25, 0.3) is 0 Å². The number of carboxylic acid groups (broad SMARTS) is 1. The summed E-state index contributed by atoms with van der Waals surface area (Å²) in [6.07, 6.45) is 3.32. The molecule has 0 saturated heterocycles. The fourth-order valence-electron chi connectivity index (χ4n) is 3.29. The molecule has 3 rings (SSSR count). The summed E-state index contributed by atoms with van der Waals surface area (Å²) in [6.45, 7) is 3.66. The molecule has 2 aromatic heterocycles. The Labute approximate surface area is 167 Å². The number of rotatable bonds is 6. The van der Waals surface area contributed by atoms with Gasteiger partial charge in [0.2, 0.25) is 5.43 Å². The van der Waals surface area contributed by atoms with Crippen molar-refractivity contribution in [3.05, 3.63) is 74.8 Å². The lowest BCUT2D eigenvalue weighted by molar-refractivity contribution is 0.0694. The van der Waals surface area contributed by atoms with Gasteiger partial charge in [-0.15, -0.1) is 0 Å². The molecule has 0 amide bonds. The third kappa shape index (κ3) is 3.93. The van der Waals surface area contributed by atoms with E-state index in [4.69, 9.17) is 11.6 Å². The van der Waals surface area contributed by atoms with Gasteiger partial charge in [-0.25, -0.2) is 4.79 Å². The molecule has 1 unspecified atom stereocenters. The molecular weight excluding hydrogens is 380 g/mol.